The van der Waals surface area contributed by atoms with E-state index >= 15 is 0 Å². The Balaban J connectivity index is 0.00000225. The highest BCUT2D eigenvalue weighted by molar-refractivity contribution is 14.0. The Hall–Kier alpha value is -1.55. The third-order valence-electron chi connectivity index (χ3n) is 3.57. The fourth-order valence-corrected chi connectivity index (χ4v) is 2.95. The molecule has 1 aliphatic rings. The number of fused-ring (bicyclic) bond motifs is 1. The van der Waals surface area contributed by atoms with E-state index in [0.717, 1.165) is 21.5 Å². The molecule has 0 bridgehead atoms. The van der Waals surface area contributed by atoms with E-state index in [2.05, 4.69) is 31.6 Å². The molecule has 0 saturated heterocycles. The number of aliphatic imine (C=N–C) groups is 1. The maximum Gasteiger partial charge on any atom is 0.231 e. The van der Waals surface area contributed by atoms with Crippen molar-refractivity contribution in [3.05, 3.63) is 57.8 Å². The maximum atomic E-state index is 13.6. The predicted molar refractivity (Wildman–Crippen MR) is 109 cm³/mol. The molecule has 0 aliphatic carbocycles. The average Bonchev–Trinajstić information content (AvgIpc) is 3.05. The summed E-state index contributed by atoms with van der Waals surface area (Å²) in [4.78, 5) is 4.15. The summed E-state index contributed by atoms with van der Waals surface area (Å²) in [6.45, 7) is 1.14. The van der Waals surface area contributed by atoms with Gasteiger partial charge in [-0.25, -0.2) is 4.39 Å². The first-order valence-corrected chi connectivity index (χ1v) is 8.22. The van der Waals surface area contributed by atoms with Crippen molar-refractivity contribution in [1.82, 2.24) is 10.6 Å². The molecule has 134 valence electrons. The van der Waals surface area contributed by atoms with Gasteiger partial charge in [0.1, 0.15) is 5.82 Å². The Morgan fingerprint density at radius 2 is 1.96 bits per heavy atom. The van der Waals surface area contributed by atoms with E-state index in [4.69, 9.17) is 9.47 Å². The second-order valence-electron chi connectivity index (χ2n) is 5.18. The van der Waals surface area contributed by atoms with Gasteiger partial charge >= 0.3 is 0 Å². The van der Waals surface area contributed by atoms with Gasteiger partial charge in [0, 0.05) is 25.7 Å². The Morgan fingerprint density at radius 1 is 1.20 bits per heavy atom. The van der Waals surface area contributed by atoms with Gasteiger partial charge in [-0.3, -0.25) is 4.99 Å². The Kier molecular flexibility index (Phi) is 7.30. The zero-order chi connectivity index (χ0) is 16.9. The average molecular weight is 522 g/mol. The van der Waals surface area contributed by atoms with Gasteiger partial charge in [0.2, 0.25) is 6.79 Å². The number of benzene rings is 2. The second kappa shape index (κ2) is 9.23. The number of ether oxygens (including phenoxy) is 2. The van der Waals surface area contributed by atoms with Crippen molar-refractivity contribution < 1.29 is 13.9 Å². The highest BCUT2D eigenvalue weighted by Gasteiger charge is 2.17. The van der Waals surface area contributed by atoms with Crippen LogP contribution in [0, 0.1) is 5.82 Å². The molecule has 0 aromatic heterocycles. The number of hydrogen-bond acceptors (Lipinski definition) is 3. The quantitative estimate of drug-likeness (QED) is 0.365. The summed E-state index contributed by atoms with van der Waals surface area (Å²) in [6, 6.07) is 10.5. The highest BCUT2D eigenvalue weighted by atomic mass is 127. The van der Waals surface area contributed by atoms with E-state index in [1.54, 1.807) is 25.2 Å². The number of nitrogens with one attached hydrogen (secondary N) is 2. The fraction of sp³-hybridized carbons (Fsp3) is 0.235. The number of rotatable bonds is 4. The van der Waals surface area contributed by atoms with E-state index < -0.39 is 0 Å². The minimum absolute atomic E-state index is 0. The maximum absolute atomic E-state index is 13.6. The van der Waals surface area contributed by atoms with Crippen LogP contribution in [-0.4, -0.2) is 19.8 Å². The number of nitrogens with zero attached hydrogens (tertiary/aromatic N) is 1. The van der Waals surface area contributed by atoms with Gasteiger partial charge in [-0.15, -0.1) is 24.0 Å². The van der Waals surface area contributed by atoms with Crippen molar-refractivity contribution in [3.8, 4) is 11.5 Å². The van der Waals surface area contributed by atoms with Crippen molar-refractivity contribution in [2.75, 3.05) is 13.8 Å². The predicted octanol–water partition coefficient (Wildman–Crippen LogP) is 3.80. The largest absolute Gasteiger partial charge is 0.454 e. The second-order valence-corrected chi connectivity index (χ2v) is 6.04. The Labute approximate surface area is 171 Å². The molecule has 0 saturated carbocycles. The lowest BCUT2D eigenvalue weighted by Gasteiger charge is -2.13. The van der Waals surface area contributed by atoms with Gasteiger partial charge < -0.3 is 20.1 Å². The summed E-state index contributed by atoms with van der Waals surface area (Å²) >= 11 is 3.47. The van der Waals surface area contributed by atoms with Crippen LogP contribution in [0.2, 0.25) is 0 Å². The van der Waals surface area contributed by atoms with Gasteiger partial charge in [0.25, 0.3) is 0 Å². The molecular weight excluding hydrogens is 504 g/mol. The fourth-order valence-electron chi connectivity index (χ4n) is 2.35. The van der Waals surface area contributed by atoms with Crippen LogP contribution in [-0.2, 0) is 13.1 Å². The monoisotopic (exact) mass is 521 g/mol. The van der Waals surface area contributed by atoms with Crippen molar-refractivity contribution in [2.24, 2.45) is 4.99 Å². The minimum Gasteiger partial charge on any atom is -0.454 e. The summed E-state index contributed by atoms with van der Waals surface area (Å²) < 4.78 is 25.3. The molecule has 1 heterocycles. The van der Waals surface area contributed by atoms with Gasteiger partial charge in [-0.05, 0) is 39.7 Å². The van der Waals surface area contributed by atoms with Crippen LogP contribution in [0.25, 0.3) is 0 Å². The summed E-state index contributed by atoms with van der Waals surface area (Å²) in [5.74, 6) is 1.79. The first kappa shape index (κ1) is 19.8. The SMILES string of the molecule is CN=C(NCc1cc(Br)c2c(c1)OCO2)NCc1ccccc1F.I. The molecule has 2 aromatic carbocycles. The van der Waals surface area contributed by atoms with Crippen LogP contribution in [0.1, 0.15) is 11.1 Å². The summed E-state index contributed by atoms with van der Waals surface area (Å²) in [6.07, 6.45) is 0. The van der Waals surface area contributed by atoms with Crippen LogP contribution < -0.4 is 20.1 Å². The number of hydrogen-bond donors (Lipinski definition) is 2. The Bertz CT molecular complexity index is 774. The first-order chi connectivity index (χ1) is 11.7. The van der Waals surface area contributed by atoms with E-state index in [9.17, 15) is 4.39 Å². The molecule has 0 atom stereocenters. The summed E-state index contributed by atoms with van der Waals surface area (Å²) in [5, 5.41) is 6.29. The van der Waals surface area contributed by atoms with E-state index in [0.29, 0.717) is 24.6 Å². The van der Waals surface area contributed by atoms with Gasteiger partial charge in [-0.2, -0.15) is 0 Å². The zero-order valence-corrected chi connectivity index (χ0v) is 17.4. The molecular formula is C17H18BrFIN3O2. The summed E-state index contributed by atoms with van der Waals surface area (Å²) in [7, 11) is 1.67. The van der Waals surface area contributed by atoms with Crippen LogP contribution >= 0.6 is 39.9 Å². The molecule has 25 heavy (non-hydrogen) atoms. The Morgan fingerprint density at radius 3 is 2.72 bits per heavy atom. The molecule has 0 unspecified atom stereocenters. The number of halogens is 3. The zero-order valence-electron chi connectivity index (χ0n) is 13.5. The number of guanidine groups is 1. The van der Waals surface area contributed by atoms with Crippen LogP contribution in [0.15, 0.2) is 45.9 Å². The van der Waals surface area contributed by atoms with Crippen LogP contribution in [0.5, 0.6) is 11.5 Å². The molecule has 0 spiro atoms. The van der Waals surface area contributed by atoms with E-state index in [1.165, 1.54) is 6.07 Å². The van der Waals surface area contributed by atoms with Crippen LogP contribution in [0.4, 0.5) is 4.39 Å². The summed E-state index contributed by atoms with van der Waals surface area (Å²) in [5.41, 5.74) is 1.60. The van der Waals surface area contributed by atoms with Crippen LogP contribution in [0.3, 0.4) is 0 Å². The van der Waals surface area contributed by atoms with Gasteiger partial charge in [0.15, 0.2) is 17.5 Å². The molecule has 5 nitrogen and oxygen atoms in total. The molecule has 2 aromatic rings. The molecule has 0 fully saturated rings. The lowest BCUT2D eigenvalue weighted by molar-refractivity contribution is 0.173. The smallest absolute Gasteiger partial charge is 0.231 e. The van der Waals surface area contributed by atoms with Gasteiger partial charge in [-0.1, -0.05) is 18.2 Å². The molecule has 3 rings (SSSR count). The molecule has 0 amide bonds. The molecule has 8 heteroatoms. The lowest BCUT2D eigenvalue weighted by atomic mass is 10.2. The van der Waals surface area contributed by atoms with Crippen molar-refractivity contribution >= 4 is 45.9 Å². The third kappa shape index (κ3) is 4.97. The van der Waals surface area contributed by atoms with Crippen molar-refractivity contribution in [2.45, 2.75) is 13.1 Å². The normalized spacial score (nSPS) is 12.5. The molecule has 1 aliphatic heterocycles. The van der Waals surface area contributed by atoms with Gasteiger partial charge in [0.05, 0.1) is 4.47 Å². The minimum atomic E-state index is -0.236. The third-order valence-corrected chi connectivity index (χ3v) is 4.16. The highest BCUT2D eigenvalue weighted by Crippen LogP contribution is 2.39. The van der Waals surface area contributed by atoms with E-state index in [-0.39, 0.29) is 36.6 Å². The van der Waals surface area contributed by atoms with Crippen molar-refractivity contribution in [3.63, 3.8) is 0 Å². The topological polar surface area (TPSA) is 54.9 Å². The lowest BCUT2D eigenvalue weighted by Crippen LogP contribution is -2.36. The molecule has 0 radical (unpaired) electrons. The standard InChI is InChI=1S/C17H17BrFN3O2.HI/c1-20-17(22-9-12-4-2-3-5-14(12)19)21-8-11-6-13(18)16-15(7-11)23-10-24-16;/h2-7H,8-10H2,1H3,(H2,20,21,22);1H. The van der Waals surface area contributed by atoms with E-state index in [1.807, 2.05) is 12.1 Å². The molecule has 2 N–H and O–H groups in total. The van der Waals surface area contributed by atoms with Crippen molar-refractivity contribution in [1.29, 1.82) is 0 Å². The first-order valence-electron chi connectivity index (χ1n) is 7.43.